The Morgan fingerprint density at radius 2 is 2.06 bits per heavy atom. The minimum absolute atomic E-state index is 0.181. The van der Waals surface area contributed by atoms with Crippen molar-refractivity contribution >= 4 is 11.5 Å². The van der Waals surface area contributed by atoms with Crippen LogP contribution in [0.3, 0.4) is 0 Å². The van der Waals surface area contributed by atoms with E-state index in [1.54, 1.807) is 18.5 Å². The molecule has 0 fully saturated rings. The monoisotopic (exact) mass is 220 g/mol. The molecule has 0 saturated carbocycles. The average Bonchev–Trinajstić information content (AvgIpc) is 2.16. The molecule has 0 atom stereocenters. The first-order chi connectivity index (χ1) is 7.50. The van der Waals surface area contributed by atoms with Crippen LogP contribution in [0.4, 0.5) is 5.69 Å². The molecule has 16 heavy (non-hydrogen) atoms. The van der Waals surface area contributed by atoms with E-state index in [-0.39, 0.29) is 5.78 Å². The minimum atomic E-state index is 0.181. The molecule has 1 aromatic rings. The van der Waals surface area contributed by atoms with Crippen LogP contribution in [0.1, 0.15) is 44.5 Å². The number of Topliss-reactive ketones (excluding diaryl/α,β-unsaturated/α-hetero) is 1. The van der Waals surface area contributed by atoms with Crippen molar-refractivity contribution in [3.63, 3.8) is 0 Å². The van der Waals surface area contributed by atoms with Crippen LogP contribution >= 0.6 is 0 Å². The zero-order valence-corrected chi connectivity index (χ0v) is 10.4. The maximum absolute atomic E-state index is 12.0. The zero-order chi connectivity index (χ0) is 12.1. The second-order valence-corrected chi connectivity index (χ2v) is 4.74. The molecule has 0 aliphatic rings. The molecule has 3 heteroatoms. The predicted molar refractivity (Wildman–Crippen MR) is 66.8 cm³/mol. The normalized spacial score (nSPS) is 10.9. The molecule has 0 amide bonds. The lowest BCUT2D eigenvalue weighted by molar-refractivity contribution is 0.0968. The fraction of sp³-hybridized carbons (Fsp3) is 0.538. The molecular formula is C13H20N2O. The van der Waals surface area contributed by atoms with Gasteiger partial charge in [-0.3, -0.25) is 9.78 Å². The van der Waals surface area contributed by atoms with Crippen LogP contribution in [0.15, 0.2) is 18.5 Å². The van der Waals surface area contributed by atoms with Crippen LogP contribution in [-0.4, -0.2) is 16.8 Å². The van der Waals surface area contributed by atoms with Gasteiger partial charge in [0.25, 0.3) is 0 Å². The van der Waals surface area contributed by atoms with Gasteiger partial charge in [-0.2, -0.15) is 0 Å². The third-order valence-corrected chi connectivity index (χ3v) is 2.16. The zero-order valence-electron chi connectivity index (χ0n) is 10.4. The van der Waals surface area contributed by atoms with Gasteiger partial charge in [0.1, 0.15) is 0 Å². The van der Waals surface area contributed by atoms with E-state index in [4.69, 9.17) is 0 Å². The lowest BCUT2D eigenvalue weighted by Gasteiger charge is -2.14. The fourth-order valence-corrected chi connectivity index (χ4v) is 1.54. The standard InChI is InChI=1S/C13H20N2O/c1-9(2)7-13(16)11-5-6-14-8-12(11)15-10(3)4/h5-6,8-10,15H,7H2,1-4H3. The summed E-state index contributed by atoms with van der Waals surface area (Å²) >= 11 is 0. The maximum Gasteiger partial charge on any atom is 0.165 e. The lowest BCUT2D eigenvalue weighted by Crippen LogP contribution is -2.14. The van der Waals surface area contributed by atoms with Crippen molar-refractivity contribution in [3.8, 4) is 0 Å². The summed E-state index contributed by atoms with van der Waals surface area (Å²) in [5.41, 5.74) is 1.58. The molecule has 0 saturated heterocycles. The molecule has 3 nitrogen and oxygen atoms in total. The van der Waals surface area contributed by atoms with Crippen LogP contribution in [0.25, 0.3) is 0 Å². The van der Waals surface area contributed by atoms with Gasteiger partial charge in [-0.05, 0) is 25.8 Å². The Kier molecular flexibility index (Phi) is 4.47. The quantitative estimate of drug-likeness (QED) is 0.775. The Bertz CT molecular complexity index is 359. The molecule has 0 aromatic carbocycles. The molecule has 1 N–H and O–H groups in total. The summed E-state index contributed by atoms with van der Waals surface area (Å²) in [6, 6.07) is 2.09. The van der Waals surface area contributed by atoms with E-state index < -0.39 is 0 Å². The highest BCUT2D eigenvalue weighted by Gasteiger charge is 2.13. The first-order valence-corrected chi connectivity index (χ1v) is 5.74. The molecule has 0 radical (unpaired) electrons. The van der Waals surface area contributed by atoms with Gasteiger partial charge in [0.2, 0.25) is 0 Å². The smallest absolute Gasteiger partial charge is 0.165 e. The van der Waals surface area contributed by atoms with Crippen molar-refractivity contribution in [2.45, 2.75) is 40.2 Å². The number of ketones is 1. The second-order valence-electron chi connectivity index (χ2n) is 4.74. The van der Waals surface area contributed by atoms with E-state index >= 15 is 0 Å². The highest BCUT2D eigenvalue weighted by Crippen LogP contribution is 2.18. The molecule has 1 rings (SSSR count). The van der Waals surface area contributed by atoms with Crippen LogP contribution in [-0.2, 0) is 0 Å². The molecule has 0 unspecified atom stereocenters. The van der Waals surface area contributed by atoms with Gasteiger partial charge in [-0.25, -0.2) is 0 Å². The predicted octanol–water partition coefficient (Wildman–Crippen LogP) is 3.13. The third-order valence-electron chi connectivity index (χ3n) is 2.16. The van der Waals surface area contributed by atoms with E-state index in [0.717, 1.165) is 11.3 Å². The summed E-state index contributed by atoms with van der Waals surface area (Å²) in [4.78, 5) is 16.0. The lowest BCUT2D eigenvalue weighted by atomic mass is 10.0. The van der Waals surface area contributed by atoms with Gasteiger partial charge < -0.3 is 5.32 Å². The maximum atomic E-state index is 12.0. The van der Waals surface area contributed by atoms with Crippen molar-refractivity contribution < 1.29 is 4.79 Å². The van der Waals surface area contributed by atoms with E-state index in [0.29, 0.717) is 18.4 Å². The molecule has 0 aliphatic heterocycles. The number of aromatic nitrogens is 1. The van der Waals surface area contributed by atoms with E-state index in [2.05, 4.69) is 24.1 Å². The van der Waals surface area contributed by atoms with Gasteiger partial charge in [-0.15, -0.1) is 0 Å². The Morgan fingerprint density at radius 1 is 1.38 bits per heavy atom. The highest BCUT2D eigenvalue weighted by molar-refractivity contribution is 6.01. The Labute approximate surface area is 97.3 Å². The van der Waals surface area contributed by atoms with Crippen molar-refractivity contribution in [2.75, 3.05) is 5.32 Å². The van der Waals surface area contributed by atoms with Gasteiger partial charge in [0.05, 0.1) is 11.9 Å². The first kappa shape index (κ1) is 12.7. The summed E-state index contributed by atoms with van der Waals surface area (Å²) in [6.45, 7) is 8.19. The summed E-state index contributed by atoms with van der Waals surface area (Å²) in [6.07, 6.45) is 3.96. The first-order valence-electron chi connectivity index (χ1n) is 5.74. The van der Waals surface area contributed by atoms with Gasteiger partial charge >= 0.3 is 0 Å². The van der Waals surface area contributed by atoms with Crippen molar-refractivity contribution in [1.82, 2.24) is 4.98 Å². The fourth-order valence-electron chi connectivity index (χ4n) is 1.54. The largest absolute Gasteiger partial charge is 0.381 e. The van der Waals surface area contributed by atoms with Crippen molar-refractivity contribution in [3.05, 3.63) is 24.0 Å². The Hall–Kier alpha value is -1.38. The van der Waals surface area contributed by atoms with E-state index in [9.17, 15) is 4.79 Å². The number of hydrogen-bond acceptors (Lipinski definition) is 3. The van der Waals surface area contributed by atoms with Crippen molar-refractivity contribution in [2.24, 2.45) is 5.92 Å². The summed E-state index contributed by atoms with van der Waals surface area (Å²) in [5, 5.41) is 3.24. The molecule has 88 valence electrons. The Balaban J connectivity index is 2.89. The van der Waals surface area contributed by atoms with Crippen LogP contribution in [0, 0.1) is 5.92 Å². The van der Waals surface area contributed by atoms with E-state index in [1.807, 2.05) is 13.8 Å². The molecule has 0 bridgehead atoms. The number of hydrogen-bond donors (Lipinski definition) is 1. The molecule has 0 spiro atoms. The van der Waals surface area contributed by atoms with Crippen LogP contribution < -0.4 is 5.32 Å². The Morgan fingerprint density at radius 3 is 2.62 bits per heavy atom. The van der Waals surface area contributed by atoms with Crippen molar-refractivity contribution in [1.29, 1.82) is 0 Å². The van der Waals surface area contributed by atoms with E-state index in [1.165, 1.54) is 0 Å². The number of carbonyl (C=O) groups excluding carboxylic acids is 1. The average molecular weight is 220 g/mol. The summed E-state index contributed by atoms with van der Waals surface area (Å²) in [7, 11) is 0. The molecular weight excluding hydrogens is 200 g/mol. The number of nitrogens with zero attached hydrogens (tertiary/aromatic N) is 1. The number of nitrogens with one attached hydrogen (secondary N) is 1. The highest BCUT2D eigenvalue weighted by atomic mass is 16.1. The third kappa shape index (κ3) is 3.65. The summed E-state index contributed by atoms with van der Waals surface area (Å²) in [5.74, 6) is 0.563. The number of carbonyl (C=O) groups is 1. The SMILES string of the molecule is CC(C)CC(=O)c1ccncc1NC(C)C. The number of pyridine rings is 1. The summed E-state index contributed by atoms with van der Waals surface area (Å²) < 4.78 is 0. The second kappa shape index (κ2) is 5.64. The van der Waals surface area contributed by atoms with Gasteiger partial charge in [-0.1, -0.05) is 13.8 Å². The number of anilines is 1. The molecule has 1 aromatic heterocycles. The van der Waals surface area contributed by atoms with Gasteiger partial charge in [0.15, 0.2) is 5.78 Å². The van der Waals surface area contributed by atoms with Crippen LogP contribution in [0.2, 0.25) is 0 Å². The topological polar surface area (TPSA) is 42.0 Å². The van der Waals surface area contributed by atoms with Crippen LogP contribution in [0.5, 0.6) is 0 Å². The van der Waals surface area contributed by atoms with Gasteiger partial charge in [0, 0.05) is 24.2 Å². The minimum Gasteiger partial charge on any atom is -0.381 e. The number of rotatable bonds is 5. The molecule has 0 aliphatic carbocycles. The molecule has 1 heterocycles.